The molecule has 1 heterocycles. The first-order valence-electron chi connectivity index (χ1n) is 11.7. The van der Waals surface area contributed by atoms with E-state index in [9.17, 15) is 13.2 Å². The molecule has 0 N–H and O–H groups in total. The van der Waals surface area contributed by atoms with E-state index in [1.807, 2.05) is 62.4 Å². The number of carbonyl (C=O) groups is 1. The summed E-state index contributed by atoms with van der Waals surface area (Å²) in [6.45, 7) is 7.52. The Morgan fingerprint density at radius 1 is 0.943 bits per heavy atom. The van der Waals surface area contributed by atoms with Crippen LogP contribution in [-0.2, 0) is 37.1 Å². The Bertz CT molecular complexity index is 1210. The molecule has 0 fully saturated rings. The molecule has 0 aliphatic heterocycles. The minimum Gasteiger partial charge on any atom is -0.492 e. The van der Waals surface area contributed by atoms with Gasteiger partial charge in [0.1, 0.15) is 12.4 Å². The summed E-state index contributed by atoms with van der Waals surface area (Å²) in [5, 5.41) is 0. The summed E-state index contributed by atoms with van der Waals surface area (Å²) in [5.41, 5.74) is 4.00. The van der Waals surface area contributed by atoms with Crippen LogP contribution >= 0.6 is 0 Å². The molecule has 0 bridgehead atoms. The third-order valence-electron chi connectivity index (χ3n) is 5.62. The van der Waals surface area contributed by atoms with Crippen LogP contribution in [0.25, 0.3) is 11.3 Å². The molecule has 0 radical (unpaired) electrons. The van der Waals surface area contributed by atoms with Crippen LogP contribution in [0.4, 0.5) is 0 Å². The molecule has 35 heavy (non-hydrogen) atoms. The van der Waals surface area contributed by atoms with Crippen molar-refractivity contribution in [1.82, 2.24) is 4.57 Å². The molecule has 1 atom stereocenters. The molecule has 2 aromatic carbocycles. The molecule has 0 aliphatic carbocycles. The number of carbonyl (C=O) groups excluding carboxylic acids is 1. The molecule has 1 unspecified atom stereocenters. The Labute approximate surface area is 207 Å². The van der Waals surface area contributed by atoms with Gasteiger partial charge in [0, 0.05) is 30.7 Å². The molecule has 0 amide bonds. The second-order valence-electron chi connectivity index (χ2n) is 8.20. The standard InChI is InChI=1S/C27H33NO6S/c1-5-32-26(27(29)33-6-2)19-21-8-12-23(13-9-21)34-18-17-28-20(3)7-16-25(28)22-10-14-24(15-11-22)35(4,30)31/h7-16,26H,5-6,17-19H2,1-4H3. The van der Waals surface area contributed by atoms with E-state index in [4.69, 9.17) is 14.2 Å². The Morgan fingerprint density at radius 3 is 2.23 bits per heavy atom. The number of esters is 1. The van der Waals surface area contributed by atoms with Crippen molar-refractivity contribution in [2.24, 2.45) is 0 Å². The first-order valence-corrected chi connectivity index (χ1v) is 13.6. The molecular weight excluding hydrogens is 466 g/mol. The average molecular weight is 500 g/mol. The topological polar surface area (TPSA) is 83.8 Å². The number of benzene rings is 2. The first kappa shape index (κ1) is 26.5. The van der Waals surface area contributed by atoms with Crippen LogP contribution in [0.3, 0.4) is 0 Å². The smallest absolute Gasteiger partial charge is 0.335 e. The zero-order valence-electron chi connectivity index (χ0n) is 20.7. The summed E-state index contributed by atoms with van der Waals surface area (Å²) in [5.74, 6) is 0.389. The van der Waals surface area contributed by atoms with Crippen LogP contribution in [0.1, 0.15) is 25.1 Å². The van der Waals surface area contributed by atoms with Gasteiger partial charge < -0.3 is 18.8 Å². The van der Waals surface area contributed by atoms with Crippen molar-refractivity contribution in [1.29, 1.82) is 0 Å². The SMILES string of the molecule is CCOC(=O)C(Cc1ccc(OCCn2c(C)ccc2-c2ccc(S(C)(=O)=O)cc2)cc1)OCC. The van der Waals surface area contributed by atoms with E-state index in [0.29, 0.717) is 37.7 Å². The number of aromatic nitrogens is 1. The summed E-state index contributed by atoms with van der Waals surface area (Å²) in [6.07, 6.45) is 1.03. The zero-order chi connectivity index (χ0) is 25.4. The normalized spacial score (nSPS) is 12.3. The maximum atomic E-state index is 12.1. The van der Waals surface area contributed by atoms with Crippen LogP contribution in [0.15, 0.2) is 65.6 Å². The van der Waals surface area contributed by atoms with Gasteiger partial charge in [0.25, 0.3) is 0 Å². The monoisotopic (exact) mass is 499 g/mol. The zero-order valence-corrected chi connectivity index (χ0v) is 21.5. The third kappa shape index (κ3) is 7.19. The molecule has 3 aromatic rings. The predicted molar refractivity (Wildman–Crippen MR) is 135 cm³/mol. The van der Waals surface area contributed by atoms with E-state index in [-0.39, 0.29) is 5.97 Å². The number of ether oxygens (including phenoxy) is 3. The largest absolute Gasteiger partial charge is 0.492 e. The van der Waals surface area contributed by atoms with Crippen LogP contribution < -0.4 is 4.74 Å². The maximum Gasteiger partial charge on any atom is 0.335 e. The highest BCUT2D eigenvalue weighted by Gasteiger charge is 2.20. The van der Waals surface area contributed by atoms with Crippen molar-refractivity contribution in [2.45, 2.75) is 44.7 Å². The van der Waals surface area contributed by atoms with E-state index >= 15 is 0 Å². The molecule has 0 spiro atoms. The lowest BCUT2D eigenvalue weighted by molar-refractivity contribution is -0.156. The summed E-state index contributed by atoms with van der Waals surface area (Å²) in [7, 11) is -3.23. The van der Waals surface area contributed by atoms with Crippen LogP contribution in [0.5, 0.6) is 5.75 Å². The number of nitrogens with zero attached hydrogens (tertiary/aromatic N) is 1. The van der Waals surface area contributed by atoms with Gasteiger partial charge in [-0.25, -0.2) is 13.2 Å². The van der Waals surface area contributed by atoms with E-state index < -0.39 is 15.9 Å². The minimum atomic E-state index is -3.23. The second-order valence-corrected chi connectivity index (χ2v) is 10.2. The highest BCUT2D eigenvalue weighted by molar-refractivity contribution is 7.90. The van der Waals surface area contributed by atoms with E-state index in [2.05, 4.69) is 4.57 Å². The summed E-state index contributed by atoms with van der Waals surface area (Å²) < 4.78 is 42.2. The lowest BCUT2D eigenvalue weighted by Gasteiger charge is -2.16. The highest BCUT2D eigenvalue weighted by Crippen LogP contribution is 2.24. The highest BCUT2D eigenvalue weighted by atomic mass is 32.2. The Hall–Kier alpha value is -3.10. The number of aryl methyl sites for hydroxylation is 1. The second kappa shape index (κ2) is 12.0. The molecule has 0 saturated heterocycles. The summed E-state index contributed by atoms with van der Waals surface area (Å²) in [6, 6.07) is 18.6. The maximum absolute atomic E-state index is 12.1. The Kier molecular flexibility index (Phi) is 9.12. The fourth-order valence-corrected chi connectivity index (χ4v) is 4.46. The van der Waals surface area contributed by atoms with Gasteiger partial charge in [-0.1, -0.05) is 24.3 Å². The molecule has 188 valence electrons. The van der Waals surface area contributed by atoms with E-state index in [0.717, 1.165) is 28.3 Å². The van der Waals surface area contributed by atoms with Crippen molar-refractivity contribution in [3.8, 4) is 17.0 Å². The quantitative estimate of drug-likeness (QED) is 0.342. The Balaban J connectivity index is 1.61. The van der Waals surface area contributed by atoms with Gasteiger partial charge in [-0.3, -0.25) is 0 Å². The van der Waals surface area contributed by atoms with Gasteiger partial charge in [0.15, 0.2) is 15.9 Å². The summed E-state index contributed by atoms with van der Waals surface area (Å²) in [4.78, 5) is 12.4. The van der Waals surface area contributed by atoms with Crippen LogP contribution in [0, 0.1) is 6.92 Å². The van der Waals surface area contributed by atoms with Gasteiger partial charge >= 0.3 is 5.97 Å². The van der Waals surface area contributed by atoms with Gasteiger partial charge in [0.2, 0.25) is 0 Å². The van der Waals surface area contributed by atoms with Crippen LogP contribution in [0.2, 0.25) is 0 Å². The molecule has 0 saturated carbocycles. The first-order chi connectivity index (χ1) is 16.7. The van der Waals surface area contributed by atoms with E-state index in [1.165, 1.54) is 6.26 Å². The van der Waals surface area contributed by atoms with Gasteiger partial charge in [-0.2, -0.15) is 0 Å². The number of hydrogen-bond acceptors (Lipinski definition) is 6. The lowest BCUT2D eigenvalue weighted by Crippen LogP contribution is -2.28. The molecule has 3 rings (SSSR count). The molecule has 7 nitrogen and oxygen atoms in total. The predicted octanol–water partition coefficient (Wildman–Crippen LogP) is 4.46. The van der Waals surface area contributed by atoms with Gasteiger partial charge in [-0.15, -0.1) is 0 Å². The Morgan fingerprint density at radius 2 is 1.63 bits per heavy atom. The van der Waals surface area contributed by atoms with Crippen molar-refractivity contribution < 1.29 is 27.4 Å². The molecule has 0 aliphatic rings. The molecule has 8 heteroatoms. The number of hydrogen-bond donors (Lipinski definition) is 0. The van der Waals surface area contributed by atoms with Crippen molar-refractivity contribution in [3.05, 3.63) is 71.9 Å². The minimum absolute atomic E-state index is 0.303. The van der Waals surface area contributed by atoms with Crippen molar-refractivity contribution in [3.63, 3.8) is 0 Å². The van der Waals surface area contributed by atoms with Crippen molar-refractivity contribution >= 4 is 15.8 Å². The average Bonchev–Trinajstić information content (AvgIpc) is 3.20. The lowest BCUT2D eigenvalue weighted by atomic mass is 10.1. The van der Waals surface area contributed by atoms with Gasteiger partial charge in [0.05, 0.1) is 18.0 Å². The molecular formula is C27H33NO6S. The third-order valence-corrected chi connectivity index (χ3v) is 6.75. The number of rotatable bonds is 12. The van der Waals surface area contributed by atoms with Crippen LogP contribution in [-0.4, -0.2) is 51.1 Å². The fourth-order valence-electron chi connectivity index (χ4n) is 3.83. The fraction of sp³-hybridized carbons (Fsp3) is 0.370. The number of sulfone groups is 1. The van der Waals surface area contributed by atoms with E-state index in [1.54, 1.807) is 19.1 Å². The van der Waals surface area contributed by atoms with Crippen molar-refractivity contribution in [2.75, 3.05) is 26.1 Å². The molecule has 1 aromatic heterocycles. The van der Waals surface area contributed by atoms with Gasteiger partial charge in [-0.05, 0) is 68.3 Å². The summed E-state index contributed by atoms with van der Waals surface area (Å²) >= 11 is 0.